The predicted octanol–water partition coefficient (Wildman–Crippen LogP) is 3.77. The summed E-state index contributed by atoms with van der Waals surface area (Å²) in [5.74, 6) is 0.126. The van der Waals surface area contributed by atoms with Crippen LogP contribution in [-0.4, -0.2) is 72.3 Å². The zero-order chi connectivity index (χ0) is 21.0. The Labute approximate surface area is 180 Å². The Morgan fingerprint density at radius 2 is 1.66 bits per heavy atom. The molecule has 2 amide bonds. The van der Waals surface area contributed by atoms with Crippen LogP contribution in [0.3, 0.4) is 0 Å². The third kappa shape index (κ3) is 6.19. The fraction of sp³-hybridized carbons (Fsp3) is 0.652. The smallest absolute Gasteiger partial charge is 0.253 e. The van der Waals surface area contributed by atoms with Gasteiger partial charge in [0.1, 0.15) is 0 Å². The minimum Gasteiger partial charge on any atom is -0.340 e. The summed E-state index contributed by atoms with van der Waals surface area (Å²) >= 11 is 5.93. The van der Waals surface area contributed by atoms with E-state index < -0.39 is 0 Å². The Morgan fingerprint density at radius 3 is 2.28 bits per heavy atom. The van der Waals surface area contributed by atoms with Gasteiger partial charge in [0.25, 0.3) is 5.91 Å². The van der Waals surface area contributed by atoms with Crippen LogP contribution < -0.4 is 0 Å². The van der Waals surface area contributed by atoms with Gasteiger partial charge in [0.15, 0.2) is 0 Å². The molecular weight excluding hydrogens is 386 g/mol. The average Bonchev–Trinajstić information content (AvgIpc) is 2.72. The first-order valence-electron chi connectivity index (χ1n) is 10.8. The molecule has 2 fully saturated rings. The molecule has 2 aliphatic heterocycles. The topological polar surface area (TPSA) is 43.9 Å². The average molecular weight is 420 g/mol. The second-order valence-corrected chi connectivity index (χ2v) is 10.0. The zero-order valence-electron chi connectivity index (χ0n) is 18.0. The first kappa shape index (κ1) is 22.1. The van der Waals surface area contributed by atoms with Crippen molar-refractivity contribution in [1.82, 2.24) is 14.7 Å². The molecule has 2 aliphatic rings. The molecule has 1 aromatic carbocycles. The van der Waals surface area contributed by atoms with E-state index in [1.807, 2.05) is 9.80 Å². The van der Waals surface area contributed by atoms with Crippen molar-refractivity contribution in [1.29, 1.82) is 0 Å². The van der Waals surface area contributed by atoms with E-state index in [0.717, 1.165) is 45.6 Å². The highest BCUT2D eigenvalue weighted by atomic mass is 35.5. The van der Waals surface area contributed by atoms with Gasteiger partial charge in [0.2, 0.25) is 5.91 Å². The Hall–Kier alpha value is -1.59. The number of amides is 2. The molecule has 0 aromatic heterocycles. The lowest BCUT2D eigenvalue weighted by atomic mass is 9.92. The third-order valence-electron chi connectivity index (χ3n) is 6.01. The molecule has 0 unspecified atom stereocenters. The molecule has 0 N–H and O–H groups in total. The molecule has 2 heterocycles. The van der Waals surface area contributed by atoms with E-state index in [4.69, 9.17) is 11.6 Å². The first-order valence-corrected chi connectivity index (χ1v) is 11.2. The molecule has 1 aromatic rings. The largest absolute Gasteiger partial charge is 0.340 e. The van der Waals surface area contributed by atoms with E-state index in [2.05, 4.69) is 25.7 Å². The van der Waals surface area contributed by atoms with Gasteiger partial charge in [-0.2, -0.15) is 0 Å². The Morgan fingerprint density at radius 1 is 1.00 bits per heavy atom. The van der Waals surface area contributed by atoms with Crippen LogP contribution in [0.4, 0.5) is 0 Å². The summed E-state index contributed by atoms with van der Waals surface area (Å²) in [5, 5.41) is 0.620. The van der Waals surface area contributed by atoms with E-state index in [0.29, 0.717) is 29.1 Å². The van der Waals surface area contributed by atoms with Gasteiger partial charge in [-0.15, -0.1) is 0 Å². The monoisotopic (exact) mass is 419 g/mol. The van der Waals surface area contributed by atoms with Gasteiger partial charge in [0, 0.05) is 49.9 Å². The highest BCUT2D eigenvalue weighted by Crippen LogP contribution is 2.23. The van der Waals surface area contributed by atoms with Crippen LogP contribution in [0.5, 0.6) is 0 Å². The quantitative estimate of drug-likeness (QED) is 0.746. The molecule has 6 heteroatoms. The van der Waals surface area contributed by atoms with E-state index in [9.17, 15) is 9.59 Å². The summed E-state index contributed by atoms with van der Waals surface area (Å²) in [4.78, 5) is 32.2. The molecular formula is C23H34ClN3O2. The van der Waals surface area contributed by atoms with Crippen molar-refractivity contribution in [3.8, 4) is 0 Å². The highest BCUT2D eigenvalue weighted by Gasteiger charge is 2.33. The van der Waals surface area contributed by atoms with E-state index in [1.54, 1.807) is 24.3 Å². The van der Waals surface area contributed by atoms with Gasteiger partial charge < -0.3 is 9.80 Å². The summed E-state index contributed by atoms with van der Waals surface area (Å²) in [6, 6.07) is 6.99. The summed E-state index contributed by atoms with van der Waals surface area (Å²) in [6.07, 6.45) is 2.92. The zero-order valence-corrected chi connectivity index (χ0v) is 18.7. The lowest BCUT2D eigenvalue weighted by Gasteiger charge is -2.39. The summed E-state index contributed by atoms with van der Waals surface area (Å²) in [6.45, 7) is 12.6. The number of hydrogen-bond acceptors (Lipinski definition) is 3. The molecule has 0 spiro atoms. The van der Waals surface area contributed by atoms with E-state index >= 15 is 0 Å². The number of benzene rings is 1. The second kappa shape index (κ2) is 9.48. The molecule has 3 rings (SSSR count). The summed E-state index contributed by atoms with van der Waals surface area (Å²) < 4.78 is 0. The number of carbonyl (C=O) groups excluding carboxylic acids is 2. The Kier molecular flexibility index (Phi) is 7.23. The maximum atomic E-state index is 13.1. The highest BCUT2D eigenvalue weighted by molar-refractivity contribution is 6.30. The third-order valence-corrected chi connectivity index (χ3v) is 6.26. The van der Waals surface area contributed by atoms with Crippen molar-refractivity contribution < 1.29 is 9.59 Å². The summed E-state index contributed by atoms with van der Waals surface area (Å²) in [5.41, 5.74) is 0.977. The lowest BCUT2D eigenvalue weighted by Crippen LogP contribution is -2.53. The maximum absolute atomic E-state index is 13.1. The first-order chi connectivity index (χ1) is 13.7. The molecule has 0 aliphatic carbocycles. The fourth-order valence-electron chi connectivity index (χ4n) is 4.08. The van der Waals surface area contributed by atoms with Gasteiger partial charge >= 0.3 is 0 Å². The van der Waals surface area contributed by atoms with Crippen LogP contribution in [0.1, 0.15) is 50.4 Å². The molecule has 0 saturated carbocycles. The van der Waals surface area contributed by atoms with Crippen molar-refractivity contribution in [2.75, 3.05) is 45.8 Å². The van der Waals surface area contributed by atoms with Gasteiger partial charge in [-0.05, 0) is 55.5 Å². The van der Waals surface area contributed by atoms with Crippen LogP contribution in [0.15, 0.2) is 24.3 Å². The Balaban J connectivity index is 1.51. The number of carbonyl (C=O) groups is 2. The number of halogens is 1. The molecule has 2 saturated heterocycles. The number of rotatable bonds is 4. The standard InChI is InChI=1S/C23H34ClN3O2/c1-23(2,3)10-12-25-13-15-26(16-14-25)22(29)19-5-4-11-27(17-19)21(28)18-6-8-20(24)9-7-18/h6-9,19H,4-5,10-17H2,1-3H3/t19-/m1/s1. The molecule has 29 heavy (non-hydrogen) atoms. The molecule has 0 bridgehead atoms. The number of likely N-dealkylation sites (tertiary alicyclic amines) is 1. The molecule has 160 valence electrons. The van der Waals surface area contributed by atoms with E-state index in [-0.39, 0.29) is 17.7 Å². The normalized spacial score (nSPS) is 21.3. The minimum absolute atomic E-state index is 0.00818. The van der Waals surface area contributed by atoms with Crippen molar-refractivity contribution in [3.63, 3.8) is 0 Å². The second-order valence-electron chi connectivity index (χ2n) is 9.57. The molecule has 5 nitrogen and oxygen atoms in total. The number of hydrogen-bond donors (Lipinski definition) is 0. The van der Waals surface area contributed by atoms with Crippen molar-refractivity contribution in [2.24, 2.45) is 11.3 Å². The van der Waals surface area contributed by atoms with Gasteiger partial charge in [-0.25, -0.2) is 0 Å². The van der Waals surface area contributed by atoms with Crippen LogP contribution in [-0.2, 0) is 4.79 Å². The van der Waals surface area contributed by atoms with Crippen molar-refractivity contribution in [3.05, 3.63) is 34.9 Å². The van der Waals surface area contributed by atoms with Crippen LogP contribution in [0.2, 0.25) is 5.02 Å². The lowest BCUT2D eigenvalue weighted by molar-refractivity contribution is -0.138. The van der Waals surface area contributed by atoms with Gasteiger partial charge in [0.05, 0.1) is 5.92 Å². The minimum atomic E-state index is -0.0823. The maximum Gasteiger partial charge on any atom is 0.253 e. The number of piperidine rings is 1. The molecule has 0 radical (unpaired) electrons. The van der Waals surface area contributed by atoms with Crippen LogP contribution >= 0.6 is 11.6 Å². The SMILES string of the molecule is CC(C)(C)CCN1CCN(C(=O)[C@@H]2CCCN(C(=O)c3ccc(Cl)cc3)C2)CC1. The van der Waals surface area contributed by atoms with Gasteiger partial charge in [-0.3, -0.25) is 14.5 Å². The number of nitrogens with zero attached hydrogens (tertiary/aromatic N) is 3. The van der Waals surface area contributed by atoms with E-state index in [1.165, 1.54) is 6.42 Å². The van der Waals surface area contributed by atoms with Crippen LogP contribution in [0.25, 0.3) is 0 Å². The van der Waals surface area contributed by atoms with Crippen molar-refractivity contribution >= 4 is 23.4 Å². The molecule has 1 atom stereocenters. The fourth-order valence-corrected chi connectivity index (χ4v) is 4.21. The van der Waals surface area contributed by atoms with Crippen molar-refractivity contribution in [2.45, 2.75) is 40.0 Å². The van der Waals surface area contributed by atoms with Crippen LogP contribution in [0, 0.1) is 11.3 Å². The Bertz CT molecular complexity index is 706. The number of piperazine rings is 1. The predicted molar refractivity (Wildman–Crippen MR) is 117 cm³/mol. The summed E-state index contributed by atoms with van der Waals surface area (Å²) in [7, 11) is 0. The van der Waals surface area contributed by atoms with Gasteiger partial charge in [-0.1, -0.05) is 32.4 Å².